The van der Waals surface area contributed by atoms with Crippen molar-refractivity contribution < 1.29 is 0 Å². The molecule has 2 heterocycles. The molecule has 0 saturated heterocycles. The molecule has 2 aromatic heterocycles. The second-order valence-corrected chi connectivity index (χ2v) is 6.88. The van der Waals surface area contributed by atoms with Crippen molar-refractivity contribution in [2.45, 2.75) is 26.2 Å². The maximum atomic E-state index is 12.9. The van der Waals surface area contributed by atoms with Gasteiger partial charge in [-0.15, -0.1) is 11.3 Å². The average Bonchev–Trinajstić information content (AvgIpc) is 3.15. The predicted octanol–water partition coefficient (Wildman–Crippen LogP) is 3.01. The number of rotatable bonds is 2. The van der Waals surface area contributed by atoms with Gasteiger partial charge in [-0.2, -0.15) is 15.0 Å². The number of hydrogen-bond donors (Lipinski definition) is 0. The first kappa shape index (κ1) is 14.8. The molecule has 24 heavy (non-hydrogen) atoms. The van der Waals surface area contributed by atoms with Crippen molar-refractivity contribution in [3.05, 3.63) is 62.0 Å². The lowest BCUT2D eigenvalue weighted by molar-refractivity contribution is 0.771. The van der Waals surface area contributed by atoms with Gasteiger partial charge in [0.05, 0.1) is 23.2 Å². The Balaban J connectivity index is 1.80. The van der Waals surface area contributed by atoms with Crippen LogP contribution in [0.2, 0.25) is 0 Å². The van der Waals surface area contributed by atoms with Gasteiger partial charge in [0.1, 0.15) is 10.7 Å². The normalized spacial score (nSPS) is 13.5. The average molecular weight is 334 g/mol. The molecule has 0 atom stereocenters. The summed E-state index contributed by atoms with van der Waals surface area (Å²) in [6, 6.07) is 9.14. The van der Waals surface area contributed by atoms with E-state index in [9.17, 15) is 4.79 Å². The van der Waals surface area contributed by atoms with Gasteiger partial charge in [0, 0.05) is 4.88 Å². The largest absolute Gasteiger partial charge is 0.283 e. The summed E-state index contributed by atoms with van der Waals surface area (Å²) in [5.41, 5.74) is 2.49. The summed E-state index contributed by atoms with van der Waals surface area (Å²) in [4.78, 5) is 19.5. The van der Waals surface area contributed by atoms with Crippen molar-refractivity contribution in [3.8, 4) is 6.07 Å². The van der Waals surface area contributed by atoms with Gasteiger partial charge in [0.15, 0.2) is 0 Å². The van der Waals surface area contributed by atoms with E-state index in [0.29, 0.717) is 11.4 Å². The van der Waals surface area contributed by atoms with Crippen molar-refractivity contribution in [1.82, 2.24) is 9.66 Å². The fourth-order valence-electron chi connectivity index (χ4n) is 3.04. The Bertz CT molecular complexity index is 1070. The Morgan fingerprint density at radius 2 is 2.12 bits per heavy atom. The number of thiophene rings is 1. The van der Waals surface area contributed by atoms with E-state index in [2.05, 4.69) is 16.2 Å². The number of nitriles is 1. The van der Waals surface area contributed by atoms with Crippen molar-refractivity contribution in [2.75, 3.05) is 0 Å². The smallest absolute Gasteiger partial charge is 0.267 e. The number of fused-ring (bicyclic) bond motifs is 3. The minimum absolute atomic E-state index is 0.0956. The van der Waals surface area contributed by atoms with Crippen LogP contribution in [0.3, 0.4) is 0 Å². The van der Waals surface area contributed by atoms with Gasteiger partial charge in [-0.25, -0.2) is 4.98 Å². The van der Waals surface area contributed by atoms with E-state index in [1.807, 2.05) is 0 Å². The number of aromatic nitrogens is 2. The summed E-state index contributed by atoms with van der Waals surface area (Å²) in [5, 5.41) is 13.9. The Morgan fingerprint density at radius 1 is 1.33 bits per heavy atom. The molecule has 1 aliphatic carbocycles. The lowest BCUT2D eigenvalue weighted by atomic mass is 10.2. The van der Waals surface area contributed by atoms with E-state index < -0.39 is 0 Å². The van der Waals surface area contributed by atoms with E-state index in [4.69, 9.17) is 5.26 Å². The summed E-state index contributed by atoms with van der Waals surface area (Å²) in [6.45, 7) is 1.79. The highest BCUT2D eigenvalue weighted by atomic mass is 32.1. The SMILES string of the molecule is Cc1nc2sc3c(c2c(=O)n1/N=C\c1ccc(C#N)cc1)CCC3. The topological polar surface area (TPSA) is 71.0 Å². The summed E-state index contributed by atoms with van der Waals surface area (Å²) in [6.07, 6.45) is 4.73. The van der Waals surface area contributed by atoms with E-state index in [1.54, 1.807) is 48.7 Å². The summed E-state index contributed by atoms with van der Waals surface area (Å²) in [7, 11) is 0. The van der Waals surface area contributed by atoms with Gasteiger partial charge in [0.25, 0.3) is 5.56 Å². The monoisotopic (exact) mass is 334 g/mol. The third-order valence-corrected chi connectivity index (χ3v) is 5.43. The van der Waals surface area contributed by atoms with Gasteiger partial charge < -0.3 is 0 Å². The number of hydrogen-bond acceptors (Lipinski definition) is 5. The Kier molecular flexibility index (Phi) is 3.51. The van der Waals surface area contributed by atoms with E-state index in [1.165, 1.54) is 9.55 Å². The second-order valence-electron chi connectivity index (χ2n) is 5.79. The van der Waals surface area contributed by atoms with E-state index in [-0.39, 0.29) is 5.56 Å². The highest BCUT2D eigenvalue weighted by molar-refractivity contribution is 7.18. The number of aryl methyl sites for hydroxylation is 3. The van der Waals surface area contributed by atoms with Crippen LogP contribution in [-0.4, -0.2) is 15.9 Å². The molecule has 3 aromatic rings. The Labute approximate surface area is 142 Å². The molecule has 0 fully saturated rings. The first-order valence-electron chi connectivity index (χ1n) is 7.76. The lowest BCUT2D eigenvalue weighted by Crippen LogP contribution is -2.20. The van der Waals surface area contributed by atoms with Crippen LogP contribution in [-0.2, 0) is 12.8 Å². The Hall–Kier alpha value is -2.78. The van der Waals surface area contributed by atoms with Crippen molar-refractivity contribution in [3.63, 3.8) is 0 Å². The fourth-order valence-corrected chi connectivity index (χ4v) is 4.34. The van der Waals surface area contributed by atoms with Crippen LogP contribution in [0.5, 0.6) is 0 Å². The molecule has 0 amide bonds. The van der Waals surface area contributed by atoms with Crippen LogP contribution >= 0.6 is 11.3 Å². The molecule has 0 N–H and O–H groups in total. The second kappa shape index (κ2) is 5.69. The van der Waals surface area contributed by atoms with Gasteiger partial charge in [-0.1, -0.05) is 12.1 Å². The molecule has 6 heteroatoms. The van der Waals surface area contributed by atoms with Crippen molar-refractivity contribution >= 4 is 27.8 Å². The van der Waals surface area contributed by atoms with Gasteiger partial charge in [0.2, 0.25) is 0 Å². The minimum atomic E-state index is -0.0956. The molecule has 118 valence electrons. The molecular formula is C18H14N4OS. The molecule has 0 aliphatic heterocycles. The molecule has 0 unspecified atom stereocenters. The van der Waals surface area contributed by atoms with Crippen LogP contribution in [0, 0.1) is 18.3 Å². The molecule has 0 bridgehead atoms. The van der Waals surface area contributed by atoms with Crippen LogP contribution in [0.1, 0.15) is 33.8 Å². The summed E-state index contributed by atoms with van der Waals surface area (Å²) in [5.74, 6) is 0.581. The molecule has 1 aromatic carbocycles. The van der Waals surface area contributed by atoms with Crippen LogP contribution in [0.25, 0.3) is 10.2 Å². The molecule has 0 saturated carbocycles. The van der Waals surface area contributed by atoms with Crippen LogP contribution < -0.4 is 5.56 Å². The standard InChI is InChI=1S/C18H14N4OS/c1-11-21-17-16(14-3-2-4-15(14)24-17)18(23)22(11)20-10-13-7-5-12(9-19)6-8-13/h5-8,10H,2-4H2,1H3/b20-10-. The highest BCUT2D eigenvalue weighted by Crippen LogP contribution is 2.34. The first-order valence-corrected chi connectivity index (χ1v) is 8.57. The quantitative estimate of drug-likeness (QED) is 0.676. The number of nitrogens with zero attached hydrogens (tertiary/aromatic N) is 4. The molecule has 0 radical (unpaired) electrons. The molecule has 1 aliphatic rings. The fraction of sp³-hybridized carbons (Fsp3) is 0.222. The Morgan fingerprint density at radius 3 is 2.88 bits per heavy atom. The maximum absolute atomic E-state index is 12.9. The zero-order valence-corrected chi connectivity index (χ0v) is 13.9. The molecular weight excluding hydrogens is 320 g/mol. The summed E-state index contributed by atoms with van der Waals surface area (Å²) < 4.78 is 1.37. The minimum Gasteiger partial charge on any atom is -0.267 e. The summed E-state index contributed by atoms with van der Waals surface area (Å²) >= 11 is 1.64. The molecule has 4 rings (SSSR count). The van der Waals surface area contributed by atoms with E-state index in [0.717, 1.165) is 40.6 Å². The first-order chi connectivity index (χ1) is 11.7. The maximum Gasteiger partial charge on any atom is 0.283 e. The van der Waals surface area contributed by atoms with Gasteiger partial charge >= 0.3 is 0 Å². The third-order valence-electron chi connectivity index (χ3n) is 4.24. The van der Waals surface area contributed by atoms with Gasteiger partial charge in [-0.05, 0) is 49.4 Å². The van der Waals surface area contributed by atoms with Crippen LogP contribution in [0.4, 0.5) is 0 Å². The van der Waals surface area contributed by atoms with Crippen LogP contribution in [0.15, 0.2) is 34.2 Å². The third kappa shape index (κ3) is 2.34. The highest BCUT2D eigenvalue weighted by Gasteiger charge is 2.22. The number of benzene rings is 1. The van der Waals surface area contributed by atoms with Crippen molar-refractivity contribution in [2.24, 2.45) is 5.10 Å². The van der Waals surface area contributed by atoms with E-state index >= 15 is 0 Å². The predicted molar refractivity (Wildman–Crippen MR) is 94.8 cm³/mol. The zero-order chi connectivity index (χ0) is 16.7. The van der Waals surface area contributed by atoms with Gasteiger partial charge in [-0.3, -0.25) is 4.79 Å². The lowest BCUT2D eigenvalue weighted by Gasteiger charge is -2.04. The molecule has 5 nitrogen and oxygen atoms in total. The van der Waals surface area contributed by atoms with Crippen molar-refractivity contribution in [1.29, 1.82) is 5.26 Å². The zero-order valence-electron chi connectivity index (χ0n) is 13.1. The molecule has 0 spiro atoms.